The number of rotatable bonds is 4. The van der Waals surface area contributed by atoms with E-state index in [2.05, 4.69) is 15.3 Å². The zero-order valence-corrected chi connectivity index (χ0v) is 9.53. The van der Waals surface area contributed by atoms with E-state index in [1.807, 2.05) is 0 Å². The molecule has 0 atom stereocenters. The van der Waals surface area contributed by atoms with Crippen LogP contribution in [0, 0.1) is 0 Å². The Hall–Kier alpha value is -2.41. The molecule has 0 aromatic carbocycles. The van der Waals surface area contributed by atoms with Gasteiger partial charge in [-0.25, -0.2) is 14.0 Å². The monoisotopic (exact) mass is 244 g/mol. The van der Waals surface area contributed by atoms with Crippen molar-refractivity contribution in [2.24, 2.45) is 0 Å². The predicted molar refractivity (Wildman–Crippen MR) is 62.5 cm³/mol. The summed E-state index contributed by atoms with van der Waals surface area (Å²) in [6, 6.07) is 5.37. The summed E-state index contributed by atoms with van der Waals surface area (Å²) < 4.78 is 4.85. The van der Waals surface area contributed by atoms with Gasteiger partial charge in [-0.2, -0.15) is 15.3 Å². The molecule has 0 amide bonds. The summed E-state index contributed by atoms with van der Waals surface area (Å²) in [6.45, 7) is -0.224. The molecule has 92 valence electrons. The average molecular weight is 244 g/mol. The van der Waals surface area contributed by atoms with Crippen LogP contribution in [-0.4, -0.2) is 41.1 Å². The van der Waals surface area contributed by atoms with Crippen LogP contribution in [0.3, 0.4) is 0 Å². The molecule has 0 unspecified atom stereocenters. The molecule has 0 aliphatic heterocycles. The summed E-state index contributed by atoms with van der Waals surface area (Å²) in [5, 5.41) is 22.5. The lowest BCUT2D eigenvalue weighted by Gasteiger charge is -2.32. The van der Waals surface area contributed by atoms with Crippen LogP contribution >= 0.6 is 0 Å². The van der Waals surface area contributed by atoms with Gasteiger partial charge < -0.3 is 5.11 Å². The number of aliphatic hydroxyl groups excluding tert-OH is 1. The summed E-state index contributed by atoms with van der Waals surface area (Å²) in [4.78, 5) is 0. The van der Waals surface area contributed by atoms with Gasteiger partial charge in [0.15, 0.2) is 0 Å². The smallest absolute Gasteiger partial charge is 0.272 e. The van der Waals surface area contributed by atoms with Gasteiger partial charge in [0, 0.05) is 37.2 Å². The number of aliphatic hydroxyl groups is 1. The standard InChI is InChI=1S/C11H12N6O/c18-10-11(15-7-1-4-12-15,16-8-2-5-13-16)17-9-3-6-14-17/h1-9,18H,10H2. The lowest BCUT2D eigenvalue weighted by atomic mass is 10.3. The quantitative estimate of drug-likeness (QED) is 0.699. The third-order valence-electron chi connectivity index (χ3n) is 2.83. The fourth-order valence-electron chi connectivity index (χ4n) is 1.97. The Labute approximate surface area is 103 Å². The SMILES string of the molecule is OCC(n1cccn1)(n1cccn1)n1cccn1. The van der Waals surface area contributed by atoms with E-state index in [1.165, 1.54) is 0 Å². The lowest BCUT2D eigenvalue weighted by molar-refractivity contribution is 0.0367. The van der Waals surface area contributed by atoms with Crippen LogP contribution in [0.2, 0.25) is 0 Å². The van der Waals surface area contributed by atoms with Crippen molar-refractivity contribution in [3.05, 3.63) is 55.4 Å². The second kappa shape index (κ2) is 4.11. The molecule has 1 N–H and O–H groups in total. The molecule has 3 aromatic rings. The van der Waals surface area contributed by atoms with Crippen LogP contribution in [0.4, 0.5) is 0 Å². The molecule has 0 saturated carbocycles. The molecule has 7 nitrogen and oxygen atoms in total. The summed E-state index contributed by atoms with van der Waals surface area (Å²) in [6.07, 6.45) is 10.2. The molecule has 3 rings (SSSR count). The minimum Gasteiger partial charge on any atom is -0.390 e. The molecule has 0 radical (unpaired) electrons. The van der Waals surface area contributed by atoms with E-state index in [9.17, 15) is 5.11 Å². The third kappa shape index (κ3) is 1.37. The summed E-state index contributed by atoms with van der Waals surface area (Å²) in [7, 11) is 0. The Morgan fingerprint density at radius 1 is 0.778 bits per heavy atom. The minimum absolute atomic E-state index is 0.224. The Kier molecular flexibility index (Phi) is 2.45. The van der Waals surface area contributed by atoms with E-state index in [-0.39, 0.29) is 6.61 Å². The molecular weight excluding hydrogens is 232 g/mol. The fraction of sp³-hybridized carbons (Fsp3) is 0.182. The lowest BCUT2D eigenvalue weighted by Crippen LogP contribution is -2.52. The van der Waals surface area contributed by atoms with Gasteiger partial charge in [0.2, 0.25) is 0 Å². The molecular formula is C11H12N6O. The van der Waals surface area contributed by atoms with Gasteiger partial charge >= 0.3 is 0 Å². The molecule has 3 aromatic heterocycles. The van der Waals surface area contributed by atoms with Crippen LogP contribution in [0.25, 0.3) is 0 Å². The molecule has 7 heteroatoms. The van der Waals surface area contributed by atoms with Crippen LogP contribution in [-0.2, 0) is 5.79 Å². The first kappa shape index (κ1) is 10.7. The number of hydrogen-bond acceptors (Lipinski definition) is 4. The Morgan fingerprint density at radius 2 is 1.17 bits per heavy atom. The first-order valence-corrected chi connectivity index (χ1v) is 5.49. The highest BCUT2D eigenvalue weighted by Gasteiger charge is 2.37. The van der Waals surface area contributed by atoms with Gasteiger partial charge in [0.1, 0.15) is 6.61 Å². The second-order valence-corrected chi connectivity index (χ2v) is 3.78. The third-order valence-corrected chi connectivity index (χ3v) is 2.83. The van der Waals surface area contributed by atoms with Gasteiger partial charge in [-0.05, 0) is 18.2 Å². The highest BCUT2D eigenvalue weighted by atomic mass is 16.3. The van der Waals surface area contributed by atoms with Crippen molar-refractivity contribution in [3.63, 3.8) is 0 Å². The topological polar surface area (TPSA) is 73.7 Å². The largest absolute Gasteiger partial charge is 0.390 e. The maximum absolute atomic E-state index is 9.91. The van der Waals surface area contributed by atoms with Crippen LogP contribution in [0.15, 0.2) is 55.4 Å². The Bertz CT molecular complexity index is 499. The Balaban J connectivity index is 2.25. The molecule has 0 fully saturated rings. The van der Waals surface area contributed by atoms with Gasteiger partial charge in [0.25, 0.3) is 5.79 Å². The maximum atomic E-state index is 9.91. The van der Waals surface area contributed by atoms with Crippen molar-refractivity contribution in [3.8, 4) is 0 Å². The van der Waals surface area contributed by atoms with Crippen molar-refractivity contribution >= 4 is 0 Å². The highest BCUT2D eigenvalue weighted by molar-refractivity contribution is 4.97. The van der Waals surface area contributed by atoms with Gasteiger partial charge in [-0.15, -0.1) is 0 Å². The van der Waals surface area contributed by atoms with E-state index in [0.29, 0.717) is 0 Å². The van der Waals surface area contributed by atoms with E-state index in [1.54, 1.807) is 69.4 Å². The molecule has 18 heavy (non-hydrogen) atoms. The zero-order valence-electron chi connectivity index (χ0n) is 9.53. The van der Waals surface area contributed by atoms with Crippen molar-refractivity contribution in [1.29, 1.82) is 0 Å². The predicted octanol–water partition coefficient (Wildman–Crippen LogP) is -0.0247. The normalized spacial score (nSPS) is 11.8. The molecule has 0 aliphatic rings. The number of nitrogens with zero attached hydrogens (tertiary/aromatic N) is 6. The van der Waals surface area contributed by atoms with E-state index < -0.39 is 5.79 Å². The van der Waals surface area contributed by atoms with Crippen LogP contribution in [0.1, 0.15) is 0 Å². The van der Waals surface area contributed by atoms with Crippen molar-refractivity contribution in [2.75, 3.05) is 6.61 Å². The van der Waals surface area contributed by atoms with Gasteiger partial charge in [0.05, 0.1) is 0 Å². The zero-order chi connectivity index (χ0) is 12.4. The second-order valence-electron chi connectivity index (χ2n) is 3.78. The summed E-state index contributed by atoms with van der Waals surface area (Å²) in [5.41, 5.74) is 0. The first-order valence-electron chi connectivity index (χ1n) is 5.49. The minimum atomic E-state index is -1.02. The number of aromatic nitrogens is 6. The molecule has 0 spiro atoms. The van der Waals surface area contributed by atoms with Gasteiger partial charge in [-0.3, -0.25) is 0 Å². The molecule has 0 bridgehead atoms. The van der Waals surface area contributed by atoms with Gasteiger partial charge in [-0.1, -0.05) is 0 Å². The van der Waals surface area contributed by atoms with Crippen molar-refractivity contribution in [2.45, 2.75) is 5.79 Å². The fourth-order valence-corrected chi connectivity index (χ4v) is 1.97. The first-order chi connectivity index (χ1) is 8.88. The molecule has 3 heterocycles. The average Bonchev–Trinajstić information content (AvgIpc) is 3.16. The van der Waals surface area contributed by atoms with Crippen molar-refractivity contribution in [1.82, 2.24) is 29.3 Å². The van der Waals surface area contributed by atoms with E-state index in [4.69, 9.17) is 0 Å². The van der Waals surface area contributed by atoms with Crippen LogP contribution in [0.5, 0.6) is 0 Å². The van der Waals surface area contributed by atoms with E-state index >= 15 is 0 Å². The summed E-state index contributed by atoms with van der Waals surface area (Å²) >= 11 is 0. The number of hydrogen-bond donors (Lipinski definition) is 1. The maximum Gasteiger partial charge on any atom is 0.272 e. The highest BCUT2D eigenvalue weighted by Crippen LogP contribution is 2.18. The molecule has 0 aliphatic carbocycles. The van der Waals surface area contributed by atoms with E-state index in [0.717, 1.165) is 0 Å². The molecule has 0 saturated heterocycles. The summed E-state index contributed by atoms with van der Waals surface area (Å²) in [5.74, 6) is -1.02. The van der Waals surface area contributed by atoms with Crippen LogP contribution < -0.4 is 0 Å². The van der Waals surface area contributed by atoms with Crippen molar-refractivity contribution < 1.29 is 5.11 Å². The Morgan fingerprint density at radius 3 is 1.39 bits per heavy atom.